The highest BCUT2D eigenvalue weighted by Crippen LogP contribution is 2.29. The molecule has 0 bridgehead atoms. The van der Waals surface area contributed by atoms with Crippen molar-refractivity contribution in [3.8, 4) is 0 Å². The minimum absolute atomic E-state index is 0.0257. The molecule has 0 saturated heterocycles. The Bertz CT molecular complexity index is 530. The maximum atomic E-state index is 11.9. The van der Waals surface area contributed by atoms with Gasteiger partial charge < -0.3 is 5.32 Å². The minimum atomic E-state index is -4.25. The van der Waals surface area contributed by atoms with Crippen molar-refractivity contribution >= 4 is 27.6 Å². The molecule has 1 heterocycles. The molecule has 0 atom stereocenters. The van der Waals surface area contributed by atoms with Crippen LogP contribution in [0.2, 0.25) is 0 Å². The van der Waals surface area contributed by atoms with Crippen LogP contribution in [0, 0.1) is 0 Å². The second-order valence-electron chi connectivity index (χ2n) is 3.89. The highest BCUT2D eigenvalue weighted by molar-refractivity contribution is 8.00. The third-order valence-corrected chi connectivity index (χ3v) is 4.72. The molecule has 1 rings (SSSR count). The fourth-order valence-corrected chi connectivity index (χ4v) is 2.48. The predicted molar refractivity (Wildman–Crippen MR) is 72.1 cm³/mol. The molecular weight excluding hydrogens is 315 g/mol. The van der Waals surface area contributed by atoms with Crippen LogP contribution in [0.1, 0.15) is 0 Å². The Morgan fingerprint density at radius 3 is 2.45 bits per heavy atom. The van der Waals surface area contributed by atoms with Gasteiger partial charge in [-0.25, -0.2) is 17.7 Å². The van der Waals surface area contributed by atoms with Crippen molar-refractivity contribution in [1.82, 2.24) is 9.29 Å². The summed E-state index contributed by atoms with van der Waals surface area (Å²) in [4.78, 5) is 3.88. The number of halogens is 3. The number of sulfonamides is 1. The van der Waals surface area contributed by atoms with Gasteiger partial charge in [0, 0.05) is 32.6 Å². The first kappa shape index (κ1) is 17.1. The lowest BCUT2D eigenvalue weighted by Gasteiger charge is -2.11. The SMILES string of the molecule is CN(C)S(=O)(=O)c1ccc(NCCSC(F)(F)F)nc1. The largest absolute Gasteiger partial charge is 0.441 e. The zero-order valence-electron chi connectivity index (χ0n) is 10.8. The van der Waals surface area contributed by atoms with Gasteiger partial charge in [-0.3, -0.25) is 0 Å². The van der Waals surface area contributed by atoms with Crippen LogP contribution in [0.5, 0.6) is 0 Å². The molecule has 114 valence electrons. The molecule has 0 amide bonds. The summed E-state index contributed by atoms with van der Waals surface area (Å²) in [6, 6.07) is 2.76. The van der Waals surface area contributed by atoms with Gasteiger partial charge in [-0.15, -0.1) is 0 Å². The minimum Gasteiger partial charge on any atom is -0.369 e. The van der Waals surface area contributed by atoms with Crippen molar-refractivity contribution < 1.29 is 21.6 Å². The number of alkyl halides is 3. The van der Waals surface area contributed by atoms with Crippen molar-refractivity contribution in [2.24, 2.45) is 0 Å². The van der Waals surface area contributed by atoms with Crippen molar-refractivity contribution in [2.45, 2.75) is 10.4 Å². The zero-order chi connectivity index (χ0) is 15.4. The number of nitrogens with zero attached hydrogens (tertiary/aromatic N) is 2. The van der Waals surface area contributed by atoms with E-state index in [9.17, 15) is 21.6 Å². The summed E-state index contributed by atoms with van der Waals surface area (Å²) in [6.07, 6.45) is 1.16. The number of hydrogen-bond donors (Lipinski definition) is 1. The van der Waals surface area contributed by atoms with E-state index in [4.69, 9.17) is 0 Å². The van der Waals surface area contributed by atoms with Gasteiger partial charge in [0.25, 0.3) is 0 Å². The summed E-state index contributed by atoms with van der Waals surface area (Å²) in [5.74, 6) is 0.175. The predicted octanol–water partition coefficient (Wildman–Crippen LogP) is 2.00. The van der Waals surface area contributed by atoms with Crippen molar-refractivity contribution in [2.75, 3.05) is 31.7 Å². The van der Waals surface area contributed by atoms with E-state index in [0.29, 0.717) is 5.82 Å². The Morgan fingerprint density at radius 1 is 1.35 bits per heavy atom. The van der Waals surface area contributed by atoms with Crippen molar-refractivity contribution in [1.29, 1.82) is 0 Å². The molecule has 0 fully saturated rings. The molecule has 0 aliphatic rings. The number of anilines is 1. The third-order valence-electron chi connectivity index (χ3n) is 2.19. The summed E-state index contributed by atoms with van der Waals surface area (Å²) in [5, 5.41) is 2.68. The number of rotatable bonds is 6. The third kappa shape index (κ3) is 5.17. The van der Waals surface area contributed by atoms with Gasteiger partial charge in [0.15, 0.2) is 0 Å². The Balaban J connectivity index is 2.56. The highest BCUT2D eigenvalue weighted by Gasteiger charge is 2.27. The van der Waals surface area contributed by atoms with Gasteiger partial charge in [-0.05, 0) is 23.9 Å². The lowest BCUT2D eigenvalue weighted by atomic mass is 10.4. The standard InChI is InChI=1S/C10H14F3N3O2S2/c1-16(2)20(17,18)8-3-4-9(15-7-8)14-5-6-19-10(11,12)13/h3-4,7H,5-6H2,1-2H3,(H,14,15). The number of pyridine rings is 1. The van der Waals surface area contributed by atoms with E-state index >= 15 is 0 Å². The van der Waals surface area contributed by atoms with Gasteiger partial charge in [-0.1, -0.05) is 0 Å². The van der Waals surface area contributed by atoms with E-state index < -0.39 is 15.5 Å². The van der Waals surface area contributed by atoms with Crippen LogP contribution in [0.3, 0.4) is 0 Å². The molecule has 1 aromatic rings. The maximum Gasteiger partial charge on any atom is 0.441 e. The van der Waals surface area contributed by atoms with E-state index in [0.717, 1.165) is 10.5 Å². The average molecular weight is 329 g/mol. The molecule has 0 spiro atoms. The lowest BCUT2D eigenvalue weighted by molar-refractivity contribution is -0.0327. The van der Waals surface area contributed by atoms with Crippen LogP contribution in [-0.4, -0.2) is 49.6 Å². The summed E-state index contributed by atoms with van der Waals surface area (Å²) in [6.45, 7) is 0.0803. The first-order chi connectivity index (χ1) is 9.13. The van der Waals surface area contributed by atoms with Crippen LogP contribution < -0.4 is 5.32 Å². The van der Waals surface area contributed by atoms with E-state index in [1.165, 1.54) is 26.2 Å². The summed E-state index contributed by atoms with van der Waals surface area (Å²) in [5.41, 5.74) is -4.25. The van der Waals surface area contributed by atoms with Crippen LogP contribution in [0.25, 0.3) is 0 Å². The summed E-state index contributed by atoms with van der Waals surface area (Å²) < 4.78 is 60.2. The Morgan fingerprint density at radius 2 is 2.00 bits per heavy atom. The fourth-order valence-electron chi connectivity index (χ4n) is 1.19. The van der Waals surface area contributed by atoms with E-state index in [1.807, 2.05) is 0 Å². The van der Waals surface area contributed by atoms with Gasteiger partial charge in [0.1, 0.15) is 10.7 Å². The molecule has 5 nitrogen and oxygen atoms in total. The zero-order valence-corrected chi connectivity index (χ0v) is 12.4. The monoisotopic (exact) mass is 329 g/mol. The first-order valence-corrected chi connectivity index (χ1v) is 7.88. The molecule has 0 radical (unpaired) electrons. The molecule has 0 unspecified atom stereocenters. The van der Waals surface area contributed by atoms with Crippen LogP contribution >= 0.6 is 11.8 Å². The van der Waals surface area contributed by atoms with Crippen LogP contribution in [0.4, 0.5) is 19.0 Å². The fraction of sp³-hybridized carbons (Fsp3) is 0.500. The smallest absolute Gasteiger partial charge is 0.369 e. The van der Waals surface area contributed by atoms with Gasteiger partial charge in [0.2, 0.25) is 10.0 Å². The average Bonchev–Trinajstić information content (AvgIpc) is 2.34. The molecule has 1 N–H and O–H groups in total. The van der Waals surface area contributed by atoms with E-state index in [2.05, 4.69) is 10.3 Å². The van der Waals surface area contributed by atoms with E-state index in [1.54, 1.807) is 0 Å². The summed E-state index contributed by atoms with van der Waals surface area (Å²) >= 11 is -0.129. The topological polar surface area (TPSA) is 62.3 Å². The molecule has 0 saturated carbocycles. The number of hydrogen-bond acceptors (Lipinski definition) is 5. The first-order valence-electron chi connectivity index (χ1n) is 5.46. The molecular formula is C10H14F3N3O2S2. The molecule has 0 aliphatic heterocycles. The Labute approximate surface area is 119 Å². The van der Waals surface area contributed by atoms with Crippen molar-refractivity contribution in [3.63, 3.8) is 0 Å². The summed E-state index contributed by atoms with van der Waals surface area (Å²) in [7, 11) is -0.751. The molecule has 1 aromatic heterocycles. The number of nitrogens with one attached hydrogen (secondary N) is 1. The molecule has 10 heteroatoms. The number of aromatic nitrogens is 1. The molecule has 0 aliphatic carbocycles. The van der Waals surface area contributed by atoms with Crippen molar-refractivity contribution in [3.05, 3.63) is 18.3 Å². The molecule has 20 heavy (non-hydrogen) atoms. The van der Waals surface area contributed by atoms with Gasteiger partial charge >= 0.3 is 5.51 Å². The second-order valence-corrected chi connectivity index (χ2v) is 7.20. The second kappa shape index (κ2) is 6.64. The molecule has 0 aromatic carbocycles. The quantitative estimate of drug-likeness (QED) is 0.809. The van der Waals surface area contributed by atoms with Gasteiger partial charge in [-0.2, -0.15) is 13.2 Å². The van der Waals surface area contributed by atoms with Crippen LogP contribution in [0.15, 0.2) is 23.2 Å². The normalized spacial score (nSPS) is 12.7. The van der Waals surface area contributed by atoms with Gasteiger partial charge in [0.05, 0.1) is 0 Å². The lowest BCUT2D eigenvalue weighted by Crippen LogP contribution is -2.22. The number of thioether (sulfide) groups is 1. The highest BCUT2D eigenvalue weighted by atomic mass is 32.2. The maximum absolute atomic E-state index is 11.9. The van der Waals surface area contributed by atoms with Crippen LogP contribution in [-0.2, 0) is 10.0 Å². The van der Waals surface area contributed by atoms with E-state index in [-0.39, 0.29) is 29.0 Å². The Kier molecular flexibility index (Phi) is 5.66. The Hall–Kier alpha value is -1.00.